The van der Waals surface area contributed by atoms with Crippen LogP contribution in [0.4, 0.5) is 9.39 Å². The Bertz CT molecular complexity index is 788. The largest absolute Gasteiger partial charge is 0.545 e. The highest BCUT2D eigenvalue weighted by atomic mass is 32.1. The van der Waals surface area contributed by atoms with Crippen molar-refractivity contribution in [1.82, 2.24) is 0 Å². The van der Waals surface area contributed by atoms with Crippen molar-refractivity contribution in [2.75, 3.05) is 18.9 Å². The molecule has 0 bridgehead atoms. The number of benzene rings is 1. The Morgan fingerprint density at radius 2 is 2.17 bits per heavy atom. The van der Waals surface area contributed by atoms with E-state index < -0.39 is 17.7 Å². The molecule has 0 radical (unpaired) electrons. The number of hydrogen-bond donors (Lipinski definition) is 2. The van der Waals surface area contributed by atoms with E-state index >= 15 is 0 Å². The van der Waals surface area contributed by atoms with E-state index in [1.807, 2.05) is 7.05 Å². The highest BCUT2D eigenvalue weighted by molar-refractivity contribution is 7.17. The number of amides is 1. The lowest BCUT2D eigenvalue weighted by Gasteiger charge is -2.20. The van der Waals surface area contributed by atoms with Crippen molar-refractivity contribution in [2.24, 2.45) is 0 Å². The van der Waals surface area contributed by atoms with Gasteiger partial charge in [0.25, 0.3) is 5.91 Å². The zero-order valence-electron chi connectivity index (χ0n) is 12.4. The molecule has 0 saturated carbocycles. The molecule has 0 saturated heterocycles. The number of carbonyl (C=O) groups excluding carboxylic acids is 2. The Labute approximate surface area is 136 Å². The van der Waals surface area contributed by atoms with Crippen molar-refractivity contribution in [1.29, 1.82) is 0 Å². The number of anilines is 1. The van der Waals surface area contributed by atoms with Gasteiger partial charge in [-0.15, -0.1) is 11.3 Å². The first kappa shape index (κ1) is 15.6. The Balaban J connectivity index is 1.94. The number of carboxylic acids is 1. The molecule has 2 N–H and O–H groups in total. The first-order valence-electron chi connectivity index (χ1n) is 7.20. The average Bonchev–Trinajstić information content (AvgIpc) is 2.84. The molecule has 3 rings (SSSR count). The fourth-order valence-electron chi connectivity index (χ4n) is 2.73. The van der Waals surface area contributed by atoms with Gasteiger partial charge in [-0.1, -0.05) is 6.07 Å². The number of fused-ring (bicyclic) bond motifs is 1. The van der Waals surface area contributed by atoms with Gasteiger partial charge >= 0.3 is 0 Å². The molecule has 23 heavy (non-hydrogen) atoms. The minimum atomic E-state index is -1.29. The van der Waals surface area contributed by atoms with E-state index in [0.717, 1.165) is 29.6 Å². The van der Waals surface area contributed by atoms with Gasteiger partial charge in [0.05, 0.1) is 24.4 Å². The van der Waals surface area contributed by atoms with Crippen molar-refractivity contribution in [3.63, 3.8) is 0 Å². The predicted octanol–water partition coefficient (Wildman–Crippen LogP) is 0.0738. The van der Waals surface area contributed by atoms with Gasteiger partial charge in [-0.05, 0) is 23.8 Å². The third kappa shape index (κ3) is 3.11. The van der Waals surface area contributed by atoms with Crippen LogP contribution in [0.3, 0.4) is 0 Å². The molecular formula is C16H15FN2O3S. The van der Waals surface area contributed by atoms with Crippen molar-refractivity contribution in [3.8, 4) is 0 Å². The van der Waals surface area contributed by atoms with Gasteiger partial charge in [0.1, 0.15) is 17.4 Å². The summed E-state index contributed by atoms with van der Waals surface area (Å²) in [5.74, 6) is -2.35. The monoisotopic (exact) mass is 334 g/mol. The molecule has 5 nitrogen and oxygen atoms in total. The molecule has 2 heterocycles. The van der Waals surface area contributed by atoms with Crippen LogP contribution >= 0.6 is 11.3 Å². The third-order valence-corrected chi connectivity index (χ3v) is 5.02. The second-order valence-electron chi connectivity index (χ2n) is 5.59. The van der Waals surface area contributed by atoms with Gasteiger partial charge in [-0.25, -0.2) is 4.39 Å². The Morgan fingerprint density at radius 3 is 2.87 bits per heavy atom. The minimum absolute atomic E-state index is 0.0576. The second-order valence-corrected chi connectivity index (χ2v) is 6.70. The summed E-state index contributed by atoms with van der Waals surface area (Å²) in [6.45, 7) is 1.55. The minimum Gasteiger partial charge on any atom is -0.545 e. The van der Waals surface area contributed by atoms with E-state index in [1.54, 1.807) is 0 Å². The van der Waals surface area contributed by atoms with Crippen LogP contribution in [0.25, 0.3) is 0 Å². The first-order chi connectivity index (χ1) is 11.0. The maximum atomic E-state index is 13.2. The summed E-state index contributed by atoms with van der Waals surface area (Å²) in [5.41, 5.74) is 0.945. The fraction of sp³-hybridized carbons (Fsp3) is 0.250. The lowest BCUT2D eigenvalue weighted by molar-refractivity contribution is -0.895. The standard InChI is InChI=1S/C16H15FN2O3S/c1-19-6-5-11-12(8-19)23-15(13(11)16(21)22)18-14(20)9-3-2-4-10(17)7-9/h2-4,7H,5-6,8H2,1H3,(H,18,20)(H,21,22). The van der Waals surface area contributed by atoms with E-state index in [2.05, 4.69) is 5.32 Å². The number of aromatic carboxylic acids is 1. The van der Waals surface area contributed by atoms with Gasteiger partial charge in [-0.2, -0.15) is 0 Å². The van der Waals surface area contributed by atoms with Crippen LogP contribution < -0.4 is 15.3 Å². The zero-order chi connectivity index (χ0) is 16.6. The highest BCUT2D eigenvalue weighted by Gasteiger charge is 2.26. The Hall–Kier alpha value is -2.25. The molecule has 2 aromatic rings. The van der Waals surface area contributed by atoms with Crippen LogP contribution in [0.2, 0.25) is 0 Å². The van der Waals surface area contributed by atoms with E-state index in [1.165, 1.54) is 34.4 Å². The van der Waals surface area contributed by atoms with Crippen LogP contribution in [0.1, 0.15) is 31.2 Å². The number of quaternary nitrogens is 1. The third-order valence-electron chi connectivity index (χ3n) is 3.87. The van der Waals surface area contributed by atoms with Gasteiger partial charge in [0.2, 0.25) is 0 Å². The Morgan fingerprint density at radius 1 is 1.39 bits per heavy atom. The van der Waals surface area contributed by atoms with Gasteiger partial charge in [0.15, 0.2) is 0 Å². The van der Waals surface area contributed by atoms with Crippen LogP contribution in [-0.4, -0.2) is 25.5 Å². The summed E-state index contributed by atoms with van der Waals surface area (Å²) in [6.07, 6.45) is 0.636. The maximum absolute atomic E-state index is 13.2. The summed E-state index contributed by atoms with van der Waals surface area (Å²) in [4.78, 5) is 25.9. The normalized spacial score (nSPS) is 16.7. The molecule has 1 aromatic carbocycles. The van der Waals surface area contributed by atoms with Gasteiger partial charge in [-0.3, -0.25) is 4.79 Å². The highest BCUT2D eigenvalue weighted by Crippen LogP contribution is 2.34. The lowest BCUT2D eigenvalue weighted by Crippen LogP contribution is -3.08. The molecule has 0 fully saturated rings. The molecule has 120 valence electrons. The molecule has 0 spiro atoms. The average molecular weight is 334 g/mol. The number of hydrogen-bond acceptors (Lipinski definition) is 4. The summed E-state index contributed by atoms with van der Waals surface area (Å²) in [6, 6.07) is 5.26. The number of likely N-dealkylation sites (N-methyl/N-ethyl adjacent to an activating group) is 1. The van der Waals surface area contributed by atoms with Crippen molar-refractivity contribution >= 4 is 28.2 Å². The van der Waals surface area contributed by atoms with Crippen LogP contribution in [-0.2, 0) is 13.0 Å². The number of halogens is 1. The number of carboxylic acid groups (broad SMARTS) is 1. The maximum Gasteiger partial charge on any atom is 0.256 e. The molecule has 0 aliphatic carbocycles. The Kier molecular flexibility index (Phi) is 4.14. The summed E-state index contributed by atoms with van der Waals surface area (Å²) in [7, 11) is 2.03. The molecule has 1 amide bonds. The molecular weight excluding hydrogens is 319 g/mol. The number of thiophene rings is 1. The molecule has 1 aromatic heterocycles. The summed E-state index contributed by atoms with van der Waals surface area (Å²) < 4.78 is 13.2. The zero-order valence-corrected chi connectivity index (χ0v) is 13.3. The van der Waals surface area contributed by atoms with E-state index in [4.69, 9.17) is 0 Å². The van der Waals surface area contributed by atoms with E-state index in [-0.39, 0.29) is 16.1 Å². The molecule has 1 atom stereocenters. The molecule has 1 aliphatic heterocycles. The lowest BCUT2D eigenvalue weighted by atomic mass is 10.0. The number of carbonyl (C=O) groups is 2. The number of nitrogens with one attached hydrogen (secondary N) is 2. The van der Waals surface area contributed by atoms with E-state index in [9.17, 15) is 19.1 Å². The van der Waals surface area contributed by atoms with Crippen LogP contribution in [0.15, 0.2) is 24.3 Å². The van der Waals surface area contributed by atoms with Crippen molar-refractivity contribution in [3.05, 3.63) is 51.7 Å². The van der Waals surface area contributed by atoms with Crippen LogP contribution in [0, 0.1) is 5.82 Å². The van der Waals surface area contributed by atoms with Crippen LogP contribution in [0.5, 0.6) is 0 Å². The van der Waals surface area contributed by atoms with Gasteiger partial charge < -0.3 is 20.1 Å². The molecule has 1 aliphatic rings. The predicted molar refractivity (Wildman–Crippen MR) is 82.2 cm³/mol. The second kappa shape index (κ2) is 6.10. The van der Waals surface area contributed by atoms with E-state index in [0.29, 0.717) is 6.42 Å². The smallest absolute Gasteiger partial charge is 0.256 e. The molecule has 1 unspecified atom stereocenters. The fourth-order valence-corrected chi connectivity index (χ4v) is 4.07. The number of rotatable bonds is 3. The summed E-state index contributed by atoms with van der Waals surface area (Å²) >= 11 is 1.25. The van der Waals surface area contributed by atoms with Crippen molar-refractivity contribution in [2.45, 2.75) is 13.0 Å². The summed E-state index contributed by atoms with van der Waals surface area (Å²) in [5, 5.41) is 14.3. The topological polar surface area (TPSA) is 73.7 Å². The van der Waals surface area contributed by atoms with Crippen molar-refractivity contribution < 1.29 is 24.0 Å². The quantitative estimate of drug-likeness (QED) is 0.835. The molecule has 7 heteroatoms. The van der Waals surface area contributed by atoms with Gasteiger partial charge in [0, 0.05) is 17.5 Å². The SMILES string of the molecule is C[NH+]1CCc2c(sc(NC(=O)c3cccc(F)c3)c2C(=O)[O-])C1. The first-order valence-corrected chi connectivity index (χ1v) is 8.01.